The second-order valence-electron chi connectivity index (χ2n) is 3.98. The lowest BCUT2D eigenvalue weighted by atomic mass is 9.96. The molecule has 1 aromatic rings. The van der Waals surface area contributed by atoms with Crippen LogP contribution in [0.15, 0.2) is 18.2 Å². The van der Waals surface area contributed by atoms with E-state index in [-0.39, 0.29) is 18.2 Å². The quantitative estimate of drug-likeness (QED) is 0.829. The molecule has 0 heterocycles. The fraction of sp³-hybridized carbons (Fsp3) is 0.417. The number of aliphatic carboxylic acids is 1. The number of halogens is 1. The second-order valence-corrected chi connectivity index (χ2v) is 3.98. The Morgan fingerprint density at radius 2 is 2.33 bits per heavy atom. The minimum Gasteiger partial charge on any atom is -0.481 e. The highest BCUT2D eigenvalue weighted by Gasteiger charge is 2.24. The molecule has 0 saturated heterocycles. The molecule has 2 nitrogen and oxygen atoms in total. The predicted octanol–water partition coefficient (Wildman–Crippen LogP) is 2.72. The van der Waals surface area contributed by atoms with Crippen molar-refractivity contribution in [1.82, 2.24) is 0 Å². The average molecular weight is 208 g/mol. The summed E-state index contributed by atoms with van der Waals surface area (Å²) in [6.45, 7) is 0. The van der Waals surface area contributed by atoms with E-state index in [1.54, 1.807) is 6.07 Å². The summed E-state index contributed by atoms with van der Waals surface area (Å²) in [5.41, 5.74) is 1.80. The zero-order valence-electron chi connectivity index (χ0n) is 8.37. The third kappa shape index (κ3) is 2.01. The van der Waals surface area contributed by atoms with Crippen LogP contribution in [0.5, 0.6) is 0 Å². The van der Waals surface area contributed by atoms with E-state index in [0.717, 1.165) is 24.0 Å². The molecule has 1 atom stereocenters. The summed E-state index contributed by atoms with van der Waals surface area (Å²) in [7, 11) is 0. The van der Waals surface area contributed by atoms with Crippen LogP contribution in [0, 0.1) is 5.82 Å². The van der Waals surface area contributed by atoms with Gasteiger partial charge in [-0.3, -0.25) is 4.79 Å². The van der Waals surface area contributed by atoms with Gasteiger partial charge in [0.1, 0.15) is 5.82 Å². The van der Waals surface area contributed by atoms with Gasteiger partial charge in [0.15, 0.2) is 0 Å². The van der Waals surface area contributed by atoms with Crippen LogP contribution in [0.25, 0.3) is 0 Å². The van der Waals surface area contributed by atoms with E-state index >= 15 is 0 Å². The van der Waals surface area contributed by atoms with Gasteiger partial charge in [-0.25, -0.2) is 4.39 Å². The number of fused-ring (bicyclic) bond motifs is 1. The van der Waals surface area contributed by atoms with Gasteiger partial charge < -0.3 is 5.11 Å². The Morgan fingerprint density at radius 1 is 1.53 bits per heavy atom. The molecule has 0 aromatic heterocycles. The van der Waals surface area contributed by atoms with Crippen molar-refractivity contribution in [2.45, 2.75) is 31.6 Å². The van der Waals surface area contributed by atoms with Gasteiger partial charge in [0.2, 0.25) is 0 Å². The summed E-state index contributed by atoms with van der Waals surface area (Å²) in [6, 6.07) is 5.09. The first-order chi connectivity index (χ1) is 7.18. The lowest BCUT2D eigenvalue weighted by Crippen LogP contribution is -2.00. The molecule has 1 aliphatic carbocycles. The number of rotatable bonds is 3. The van der Waals surface area contributed by atoms with Crippen molar-refractivity contribution < 1.29 is 14.3 Å². The lowest BCUT2D eigenvalue weighted by Gasteiger charge is -2.09. The van der Waals surface area contributed by atoms with Gasteiger partial charge in [0, 0.05) is 6.42 Å². The van der Waals surface area contributed by atoms with Gasteiger partial charge in [-0.2, -0.15) is 0 Å². The lowest BCUT2D eigenvalue weighted by molar-refractivity contribution is -0.137. The summed E-state index contributed by atoms with van der Waals surface area (Å²) in [5.74, 6) is -0.697. The van der Waals surface area contributed by atoms with E-state index in [9.17, 15) is 9.18 Å². The highest BCUT2D eigenvalue weighted by molar-refractivity contribution is 5.66. The molecule has 80 valence electrons. The number of hydrogen-bond donors (Lipinski definition) is 1. The van der Waals surface area contributed by atoms with E-state index in [0.29, 0.717) is 6.42 Å². The minimum absolute atomic E-state index is 0.148. The molecule has 1 N–H and O–H groups in total. The Labute approximate surface area is 87.7 Å². The first-order valence-corrected chi connectivity index (χ1v) is 5.17. The molecule has 1 aliphatic rings. The molecule has 0 fully saturated rings. The summed E-state index contributed by atoms with van der Waals surface area (Å²) in [5, 5.41) is 8.60. The molecular formula is C12H13FO2. The van der Waals surface area contributed by atoms with Gasteiger partial charge in [0.25, 0.3) is 0 Å². The van der Waals surface area contributed by atoms with Crippen LogP contribution in [0.4, 0.5) is 4.39 Å². The first kappa shape index (κ1) is 10.1. The van der Waals surface area contributed by atoms with E-state index in [4.69, 9.17) is 5.11 Å². The minimum atomic E-state index is -0.778. The molecular weight excluding hydrogens is 195 g/mol. The molecule has 2 rings (SSSR count). The van der Waals surface area contributed by atoms with Crippen LogP contribution in [0.1, 0.15) is 36.3 Å². The van der Waals surface area contributed by atoms with E-state index in [2.05, 4.69) is 0 Å². The molecule has 1 aromatic carbocycles. The fourth-order valence-corrected chi connectivity index (χ4v) is 2.29. The largest absolute Gasteiger partial charge is 0.481 e. The van der Waals surface area contributed by atoms with Crippen LogP contribution in [-0.4, -0.2) is 11.1 Å². The molecule has 0 saturated carbocycles. The summed E-state index contributed by atoms with van der Waals surface area (Å²) >= 11 is 0. The van der Waals surface area contributed by atoms with Crippen molar-refractivity contribution in [3.63, 3.8) is 0 Å². The van der Waals surface area contributed by atoms with E-state index in [1.165, 1.54) is 6.07 Å². The van der Waals surface area contributed by atoms with Gasteiger partial charge in [-0.05, 0) is 42.4 Å². The van der Waals surface area contributed by atoms with E-state index in [1.807, 2.05) is 6.07 Å². The highest BCUT2D eigenvalue weighted by atomic mass is 19.1. The third-order valence-electron chi connectivity index (χ3n) is 3.04. The van der Waals surface area contributed by atoms with Crippen LogP contribution >= 0.6 is 0 Å². The zero-order chi connectivity index (χ0) is 10.8. The SMILES string of the molecule is O=C(O)CCC1CCc2c(F)cccc21. The van der Waals surface area contributed by atoms with Gasteiger partial charge >= 0.3 is 5.97 Å². The van der Waals surface area contributed by atoms with Crippen LogP contribution in [-0.2, 0) is 11.2 Å². The molecule has 1 unspecified atom stereocenters. The molecule has 0 radical (unpaired) electrons. The van der Waals surface area contributed by atoms with Crippen molar-refractivity contribution >= 4 is 5.97 Å². The highest BCUT2D eigenvalue weighted by Crippen LogP contribution is 2.37. The third-order valence-corrected chi connectivity index (χ3v) is 3.04. The maximum absolute atomic E-state index is 13.3. The molecule has 3 heteroatoms. The van der Waals surface area contributed by atoms with Crippen molar-refractivity contribution in [3.05, 3.63) is 35.1 Å². The van der Waals surface area contributed by atoms with Crippen molar-refractivity contribution in [2.75, 3.05) is 0 Å². The standard InChI is InChI=1S/C12H13FO2/c13-11-3-1-2-9-8(4-6-10(9)11)5-7-12(14)15/h1-3,8H,4-7H2,(H,14,15). The monoisotopic (exact) mass is 208 g/mol. The number of benzene rings is 1. The summed E-state index contributed by atoms with van der Waals surface area (Å²) in [4.78, 5) is 10.5. The van der Waals surface area contributed by atoms with Crippen LogP contribution in [0.2, 0.25) is 0 Å². The molecule has 0 bridgehead atoms. The summed E-state index contributed by atoms with van der Waals surface area (Å²) in [6.07, 6.45) is 2.41. The van der Waals surface area contributed by atoms with Crippen molar-refractivity contribution in [3.8, 4) is 0 Å². The second kappa shape index (κ2) is 4.01. The molecule has 0 aliphatic heterocycles. The van der Waals surface area contributed by atoms with Gasteiger partial charge in [-0.15, -0.1) is 0 Å². The van der Waals surface area contributed by atoms with E-state index < -0.39 is 5.97 Å². The fourth-order valence-electron chi connectivity index (χ4n) is 2.29. The Kier molecular flexibility index (Phi) is 2.71. The maximum atomic E-state index is 13.3. The van der Waals surface area contributed by atoms with Crippen molar-refractivity contribution in [2.24, 2.45) is 0 Å². The Hall–Kier alpha value is -1.38. The van der Waals surface area contributed by atoms with Crippen molar-refractivity contribution in [1.29, 1.82) is 0 Å². The summed E-state index contributed by atoms with van der Waals surface area (Å²) < 4.78 is 13.3. The first-order valence-electron chi connectivity index (χ1n) is 5.17. The Bertz CT molecular complexity index is 387. The number of carbonyl (C=O) groups is 1. The number of carboxylic acid groups (broad SMARTS) is 1. The smallest absolute Gasteiger partial charge is 0.303 e. The topological polar surface area (TPSA) is 37.3 Å². The Morgan fingerprint density at radius 3 is 3.07 bits per heavy atom. The zero-order valence-corrected chi connectivity index (χ0v) is 8.37. The number of carboxylic acids is 1. The predicted molar refractivity (Wildman–Crippen MR) is 54.3 cm³/mol. The molecule has 0 spiro atoms. The van der Waals surface area contributed by atoms with Crippen LogP contribution < -0.4 is 0 Å². The maximum Gasteiger partial charge on any atom is 0.303 e. The normalized spacial score (nSPS) is 18.9. The molecule has 0 amide bonds. The van der Waals surface area contributed by atoms with Crippen LogP contribution in [0.3, 0.4) is 0 Å². The van der Waals surface area contributed by atoms with Gasteiger partial charge in [-0.1, -0.05) is 12.1 Å². The average Bonchev–Trinajstić information content (AvgIpc) is 2.59. The Balaban J connectivity index is 2.14. The van der Waals surface area contributed by atoms with Gasteiger partial charge in [0.05, 0.1) is 0 Å². The number of hydrogen-bond acceptors (Lipinski definition) is 1. The molecule has 15 heavy (non-hydrogen) atoms.